The maximum atomic E-state index is 11.9. The van der Waals surface area contributed by atoms with E-state index >= 15 is 0 Å². The molecule has 2 aliphatic heterocycles. The fourth-order valence-corrected chi connectivity index (χ4v) is 2.51. The number of ether oxygens (including phenoxy) is 1. The molecule has 0 fully saturated rings. The van der Waals surface area contributed by atoms with Gasteiger partial charge in [-0.25, -0.2) is 0 Å². The van der Waals surface area contributed by atoms with Crippen LogP contribution in [0.5, 0.6) is 5.75 Å². The molecule has 2 aliphatic rings. The number of hydrogen-bond donors (Lipinski definition) is 1. The van der Waals surface area contributed by atoms with Gasteiger partial charge in [0.15, 0.2) is 0 Å². The second-order valence-corrected chi connectivity index (χ2v) is 4.48. The average Bonchev–Trinajstić information content (AvgIpc) is 2.72. The van der Waals surface area contributed by atoms with Crippen molar-refractivity contribution in [3.05, 3.63) is 35.5 Å². The summed E-state index contributed by atoms with van der Waals surface area (Å²) in [6, 6.07) is 5.78. The van der Waals surface area contributed by atoms with Crippen molar-refractivity contribution in [1.82, 2.24) is 4.90 Å². The fourth-order valence-electron chi connectivity index (χ4n) is 2.51. The van der Waals surface area contributed by atoms with Crippen molar-refractivity contribution in [2.24, 2.45) is 0 Å². The Morgan fingerprint density at radius 3 is 3.06 bits per heavy atom. The van der Waals surface area contributed by atoms with Gasteiger partial charge in [0.2, 0.25) is 0 Å². The molecule has 0 spiro atoms. The molecule has 3 rings (SSSR count). The molecule has 0 saturated heterocycles. The molecule has 17 heavy (non-hydrogen) atoms. The Morgan fingerprint density at radius 1 is 1.47 bits per heavy atom. The third-order valence-corrected chi connectivity index (χ3v) is 3.35. The first-order valence-corrected chi connectivity index (χ1v) is 5.60. The first kappa shape index (κ1) is 10.2. The number of likely N-dealkylation sites (N-methyl/N-ethyl adjacent to an activating group) is 1. The van der Waals surface area contributed by atoms with Crippen LogP contribution in [0.1, 0.15) is 11.5 Å². The van der Waals surface area contributed by atoms with E-state index in [0.29, 0.717) is 0 Å². The molecule has 0 aliphatic carbocycles. The maximum absolute atomic E-state index is 11.9. The molecule has 0 radical (unpaired) electrons. The van der Waals surface area contributed by atoms with Gasteiger partial charge >= 0.3 is 0 Å². The molecule has 1 amide bonds. The summed E-state index contributed by atoms with van der Waals surface area (Å²) < 4.78 is 5.24. The molecule has 4 heteroatoms. The van der Waals surface area contributed by atoms with Crippen LogP contribution >= 0.6 is 0 Å². The van der Waals surface area contributed by atoms with Crippen molar-refractivity contribution in [3.8, 4) is 5.75 Å². The summed E-state index contributed by atoms with van der Waals surface area (Å²) in [4.78, 5) is 14.0. The SMILES string of the molecule is COc1ccc2c(c1)C1CN(C)C=C1C(=O)N2. The number of nitrogens with zero attached hydrogens (tertiary/aromatic N) is 1. The lowest BCUT2D eigenvalue weighted by Gasteiger charge is -2.24. The molecule has 0 bridgehead atoms. The van der Waals surface area contributed by atoms with Crippen molar-refractivity contribution in [2.45, 2.75) is 5.92 Å². The summed E-state index contributed by atoms with van der Waals surface area (Å²) in [6.45, 7) is 0.850. The van der Waals surface area contributed by atoms with Crippen molar-refractivity contribution in [1.29, 1.82) is 0 Å². The van der Waals surface area contributed by atoms with E-state index in [9.17, 15) is 4.79 Å². The number of nitrogens with one attached hydrogen (secondary N) is 1. The molecule has 0 saturated carbocycles. The van der Waals surface area contributed by atoms with E-state index in [1.54, 1.807) is 7.11 Å². The minimum Gasteiger partial charge on any atom is -0.497 e. The monoisotopic (exact) mass is 230 g/mol. The van der Waals surface area contributed by atoms with Gasteiger partial charge in [0, 0.05) is 37.0 Å². The van der Waals surface area contributed by atoms with Crippen molar-refractivity contribution >= 4 is 11.6 Å². The fraction of sp³-hybridized carbons (Fsp3) is 0.308. The molecule has 1 unspecified atom stereocenters. The molecule has 1 N–H and O–H groups in total. The van der Waals surface area contributed by atoms with Crippen LogP contribution in [0.15, 0.2) is 30.0 Å². The molecule has 1 aromatic carbocycles. The molecule has 88 valence electrons. The van der Waals surface area contributed by atoms with E-state index in [1.807, 2.05) is 36.3 Å². The van der Waals surface area contributed by atoms with Gasteiger partial charge in [-0.15, -0.1) is 0 Å². The van der Waals surface area contributed by atoms with Gasteiger partial charge in [-0.3, -0.25) is 4.79 Å². The second-order valence-electron chi connectivity index (χ2n) is 4.48. The van der Waals surface area contributed by atoms with Crippen molar-refractivity contribution in [3.63, 3.8) is 0 Å². The standard InChI is InChI=1S/C13H14N2O2/c1-15-6-10-9-5-8(17-2)3-4-12(9)14-13(16)11(10)7-15/h3-5,7,10H,6H2,1-2H3,(H,14,16). The number of amides is 1. The smallest absolute Gasteiger partial charge is 0.253 e. The van der Waals surface area contributed by atoms with E-state index in [2.05, 4.69) is 5.32 Å². The molecular formula is C13H14N2O2. The third-order valence-electron chi connectivity index (χ3n) is 3.35. The zero-order valence-corrected chi connectivity index (χ0v) is 9.86. The van der Waals surface area contributed by atoms with E-state index in [0.717, 1.165) is 29.1 Å². The van der Waals surface area contributed by atoms with Crippen LogP contribution in [0.2, 0.25) is 0 Å². The predicted octanol–water partition coefficient (Wildman–Crippen LogP) is 1.56. The summed E-state index contributed by atoms with van der Waals surface area (Å²) in [7, 11) is 3.64. The number of carbonyl (C=O) groups is 1. The number of hydrogen-bond acceptors (Lipinski definition) is 3. The lowest BCUT2D eigenvalue weighted by atomic mass is 9.88. The maximum Gasteiger partial charge on any atom is 0.253 e. The minimum atomic E-state index is 0.0111. The van der Waals surface area contributed by atoms with E-state index < -0.39 is 0 Å². The Labute approximate surface area is 99.9 Å². The summed E-state index contributed by atoms with van der Waals surface area (Å²) in [5.41, 5.74) is 2.88. The highest BCUT2D eigenvalue weighted by Crippen LogP contribution is 2.40. The quantitative estimate of drug-likeness (QED) is 0.796. The number of benzene rings is 1. The lowest BCUT2D eigenvalue weighted by molar-refractivity contribution is -0.113. The highest BCUT2D eigenvalue weighted by molar-refractivity contribution is 6.08. The lowest BCUT2D eigenvalue weighted by Crippen LogP contribution is -2.25. The molecule has 1 aromatic rings. The summed E-state index contributed by atoms with van der Waals surface area (Å²) in [5, 5.41) is 2.91. The van der Waals surface area contributed by atoms with Crippen LogP contribution in [0.25, 0.3) is 0 Å². The third kappa shape index (κ3) is 1.48. The van der Waals surface area contributed by atoms with Gasteiger partial charge in [0.25, 0.3) is 5.91 Å². The van der Waals surface area contributed by atoms with E-state index in [4.69, 9.17) is 4.74 Å². The Kier molecular flexibility index (Phi) is 2.11. The van der Waals surface area contributed by atoms with Gasteiger partial charge in [0.05, 0.1) is 7.11 Å². The minimum absolute atomic E-state index is 0.0111. The molecule has 1 atom stereocenters. The Morgan fingerprint density at radius 2 is 2.29 bits per heavy atom. The van der Waals surface area contributed by atoms with Crippen molar-refractivity contribution in [2.75, 3.05) is 26.0 Å². The van der Waals surface area contributed by atoms with E-state index in [-0.39, 0.29) is 11.8 Å². The Balaban J connectivity index is 2.11. The van der Waals surface area contributed by atoms with Gasteiger partial charge in [0.1, 0.15) is 5.75 Å². The number of fused-ring (bicyclic) bond motifs is 3. The Bertz CT molecular complexity index is 522. The average molecular weight is 230 g/mol. The number of anilines is 1. The molecular weight excluding hydrogens is 216 g/mol. The number of methoxy groups -OCH3 is 1. The number of rotatable bonds is 1. The van der Waals surface area contributed by atoms with E-state index in [1.165, 1.54) is 0 Å². The number of carbonyl (C=O) groups excluding carboxylic acids is 1. The van der Waals surface area contributed by atoms with Crippen LogP contribution in [0.4, 0.5) is 5.69 Å². The highest BCUT2D eigenvalue weighted by atomic mass is 16.5. The first-order chi connectivity index (χ1) is 8.19. The van der Waals surface area contributed by atoms with Crippen LogP contribution in [-0.4, -0.2) is 31.5 Å². The second kappa shape index (κ2) is 3.52. The van der Waals surface area contributed by atoms with Gasteiger partial charge < -0.3 is 15.0 Å². The van der Waals surface area contributed by atoms with Crippen LogP contribution in [0.3, 0.4) is 0 Å². The summed E-state index contributed by atoms with van der Waals surface area (Å²) in [5.74, 6) is 1.00. The zero-order chi connectivity index (χ0) is 12.0. The zero-order valence-electron chi connectivity index (χ0n) is 9.86. The summed E-state index contributed by atoms with van der Waals surface area (Å²) in [6.07, 6.45) is 1.92. The first-order valence-electron chi connectivity index (χ1n) is 5.60. The molecule has 2 heterocycles. The molecule has 4 nitrogen and oxygen atoms in total. The normalized spacial score (nSPS) is 21.5. The largest absolute Gasteiger partial charge is 0.497 e. The van der Waals surface area contributed by atoms with Gasteiger partial charge in [-0.05, 0) is 23.8 Å². The summed E-state index contributed by atoms with van der Waals surface area (Å²) >= 11 is 0. The van der Waals surface area contributed by atoms with Crippen LogP contribution in [-0.2, 0) is 4.79 Å². The highest BCUT2D eigenvalue weighted by Gasteiger charge is 2.35. The molecule has 0 aromatic heterocycles. The van der Waals surface area contributed by atoms with Gasteiger partial charge in [-0.2, -0.15) is 0 Å². The predicted molar refractivity (Wildman–Crippen MR) is 65.1 cm³/mol. The van der Waals surface area contributed by atoms with Crippen molar-refractivity contribution < 1.29 is 9.53 Å². The van der Waals surface area contributed by atoms with Crippen LogP contribution in [0, 0.1) is 0 Å². The van der Waals surface area contributed by atoms with Gasteiger partial charge in [-0.1, -0.05) is 0 Å². The Hall–Kier alpha value is -1.97. The topological polar surface area (TPSA) is 41.6 Å². The van der Waals surface area contributed by atoms with Crippen LogP contribution < -0.4 is 10.1 Å².